The number of carbonyl (C=O) groups is 4. The lowest BCUT2D eigenvalue weighted by atomic mass is 10.0. The van der Waals surface area contributed by atoms with Crippen LogP contribution in [0.15, 0.2) is 48.8 Å². The first-order valence-electron chi connectivity index (χ1n) is 12.9. The standard InChI is InChI=1S/C28H29N5O5/c34-25-10-9-24(27(36)32-25)33-17-19-15-20(6-7-21(19)28(33)37)38-14-4-2-1-3-11-31-26(35)18-5-8-22-23(16-18)30-13-12-29-22/h5-8,12-13,15-16,24H,1-4,9-11,14,17H2,(H,31,35)(H,32,34,36). The second-order valence-corrected chi connectivity index (χ2v) is 9.50. The molecule has 0 aliphatic carbocycles. The molecule has 4 amide bonds. The summed E-state index contributed by atoms with van der Waals surface area (Å²) in [5.41, 5.74) is 3.42. The predicted octanol–water partition coefficient (Wildman–Crippen LogP) is 2.76. The van der Waals surface area contributed by atoms with Crippen LogP contribution in [-0.2, 0) is 16.1 Å². The van der Waals surface area contributed by atoms with Crippen LogP contribution in [0.5, 0.6) is 5.75 Å². The molecular formula is C28H29N5O5. The zero-order valence-electron chi connectivity index (χ0n) is 20.9. The summed E-state index contributed by atoms with van der Waals surface area (Å²) in [5.74, 6) is -0.335. The molecule has 10 heteroatoms. The molecule has 1 saturated heterocycles. The molecule has 10 nitrogen and oxygen atoms in total. The Morgan fingerprint density at radius 1 is 1.00 bits per heavy atom. The molecule has 3 heterocycles. The van der Waals surface area contributed by atoms with Gasteiger partial charge in [0.15, 0.2) is 0 Å². The van der Waals surface area contributed by atoms with Gasteiger partial charge in [-0.3, -0.25) is 34.5 Å². The summed E-state index contributed by atoms with van der Waals surface area (Å²) in [6.45, 7) is 1.48. The molecule has 0 spiro atoms. The van der Waals surface area contributed by atoms with Crippen molar-refractivity contribution in [3.63, 3.8) is 0 Å². The summed E-state index contributed by atoms with van der Waals surface area (Å²) >= 11 is 0. The molecule has 2 aliphatic heterocycles. The zero-order valence-corrected chi connectivity index (χ0v) is 20.9. The number of hydrogen-bond donors (Lipinski definition) is 2. The minimum atomic E-state index is -0.622. The van der Waals surface area contributed by atoms with Crippen molar-refractivity contribution in [2.24, 2.45) is 0 Å². The van der Waals surface area contributed by atoms with Crippen LogP contribution in [0.25, 0.3) is 11.0 Å². The Hall–Kier alpha value is -4.34. The maximum atomic E-state index is 12.8. The fourth-order valence-corrected chi connectivity index (χ4v) is 4.82. The maximum Gasteiger partial charge on any atom is 0.255 e. The topological polar surface area (TPSA) is 131 Å². The predicted molar refractivity (Wildman–Crippen MR) is 138 cm³/mol. The Morgan fingerprint density at radius 3 is 2.66 bits per heavy atom. The number of fused-ring (bicyclic) bond motifs is 2. The number of unbranched alkanes of at least 4 members (excludes halogenated alkanes) is 3. The summed E-state index contributed by atoms with van der Waals surface area (Å²) in [5, 5.41) is 5.26. The number of imide groups is 1. The Labute approximate surface area is 219 Å². The highest BCUT2D eigenvalue weighted by molar-refractivity contribution is 6.05. The van der Waals surface area contributed by atoms with Crippen LogP contribution in [0.1, 0.15) is 64.8 Å². The van der Waals surface area contributed by atoms with Crippen LogP contribution >= 0.6 is 0 Å². The third-order valence-electron chi connectivity index (χ3n) is 6.85. The molecule has 0 saturated carbocycles. The molecule has 5 rings (SSSR count). The minimum Gasteiger partial charge on any atom is -0.494 e. The second kappa shape index (κ2) is 11.4. The van der Waals surface area contributed by atoms with Gasteiger partial charge in [0.1, 0.15) is 11.8 Å². The van der Waals surface area contributed by atoms with E-state index in [4.69, 9.17) is 4.74 Å². The zero-order chi connectivity index (χ0) is 26.5. The van der Waals surface area contributed by atoms with Gasteiger partial charge in [-0.1, -0.05) is 12.8 Å². The van der Waals surface area contributed by atoms with Gasteiger partial charge in [-0.25, -0.2) is 0 Å². The quantitative estimate of drug-likeness (QED) is 0.314. The minimum absolute atomic E-state index is 0.118. The number of ether oxygens (including phenoxy) is 1. The second-order valence-electron chi connectivity index (χ2n) is 9.50. The van der Waals surface area contributed by atoms with Crippen LogP contribution < -0.4 is 15.4 Å². The van der Waals surface area contributed by atoms with E-state index in [1.54, 1.807) is 42.7 Å². The van der Waals surface area contributed by atoms with Crippen molar-refractivity contribution >= 4 is 34.7 Å². The summed E-state index contributed by atoms with van der Waals surface area (Å²) in [4.78, 5) is 58.8. The van der Waals surface area contributed by atoms with Crippen molar-refractivity contribution in [3.05, 3.63) is 65.5 Å². The number of nitrogens with one attached hydrogen (secondary N) is 2. The number of hydrogen-bond acceptors (Lipinski definition) is 7. The van der Waals surface area contributed by atoms with Gasteiger partial charge >= 0.3 is 0 Å². The summed E-state index contributed by atoms with van der Waals surface area (Å²) in [6.07, 6.45) is 7.48. The Kier molecular flexibility index (Phi) is 7.57. The lowest BCUT2D eigenvalue weighted by Crippen LogP contribution is -2.52. The van der Waals surface area contributed by atoms with Gasteiger partial charge in [-0.15, -0.1) is 0 Å². The summed E-state index contributed by atoms with van der Waals surface area (Å²) in [6, 6.07) is 10.0. The van der Waals surface area contributed by atoms with Crippen LogP contribution in [0, 0.1) is 0 Å². The molecule has 1 fully saturated rings. The van der Waals surface area contributed by atoms with Gasteiger partial charge in [0.2, 0.25) is 11.8 Å². The third kappa shape index (κ3) is 5.64. The molecule has 38 heavy (non-hydrogen) atoms. The summed E-state index contributed by atoms with van der Waals surface area (Å²) in [7, 11) is 0. The van der Waals surface area contributed by atoms with Crippen LogP contribution in [0.3, 0.4) is 0 Å². The number of rotatable bonds is 10. The van der Waals surface area contributed by atoms with E-state index in [1.165, 1.54) is 4.90 Å². The number of amides is 4. The van der Waals surface area contributed by atoms with E-state index in [9.17, 15) is 19.2 Å². The molecule has 196 valence electrons. The third-order valence-corrected chi connectivity index (χ3v) is 6.85. The molecule has 3 aromatic rings. The number of piperidine rings is 1. The molecule has 1 atom stereocenters. The molecule has 2 aliphatic rings. The highest BCUT2D eigenvalue weighted by Gasteiger charge is 2.39. The number of carbonyl (C=O) groups excluding carboxylic acids is 4. The first-order valence-corrected chi connectivity index (χ1v) is 12.9. The number of aromatic nitrogens is 2. The molecule has 0 radical (unpaired) electrons. The maximum absolute atomic E-state index is 12.8. The van der Waals surface area contributed by atoms with Crippen molar-refractivity contribution in [2.75, 3.05) is 13.2 Å². The van der Waals surface area contributed by atoms with Gasteiger partial charge in [-0.05, 0) is 61.2 Å². The smallest absolute Gasteiger partial charge is 0.255 e. The highest BCUT2D eigenvalue weighted by Crippen LogP contribution is 2.30. The fourth-order valence-electron chi connectivity index (χ4n) is 4.82. The van der Waals surface area contributed by atoms with Gasteiger partial charge in [-0.2, -0.15) is 0 Å². The monoisotopic (exact) mass is 515 g/mol. The van der Waals surface area contributed by atoms with Gasteiger partial charge in [0.25, 0.3) is 11.8 Å². The van der Waals surface area contributed by atoms with Crippen LogP contribution in [0.4, 0.5) is 0 Å². The van der Waals surface area contributed by atoms with Gasteiger partial charge in [0.05, 0.1) is 17.6 Å². The van der Waals surface area contributed by atoms with Gasteiger partial charge in [0, 0.05) is 43.0 Å². The number of benzene rings is 2. The average molecular weight is 516 g/mol. The molecule has 1 unspecified atom stereocenters. The van der Waals surface area contributed by atoms with Crippen molar-refractivity contribution < 1.29 is 23.9 Å². The lowest BCUT2D eigenvalue weighted by molar-refractivity contribution is -0.136. The van der Waals surface area contributed by atoms with E-state index in [2.05, 4.69) is 20.6 Å². The van der Waals surface area contributed by atoms with E-state index < -0.39 is 11.9 Å². The van der Waals surface area contributed by atoms with E-state index >= 15 is 0 Å². The molecule has 2 aromatic carbocycles. The largest absolute Gasteiger partial charge is 0.494 e. The molecule has 0 bridgehead atoms. The van der Waals surface area contributed by atoms with Gasteiger partial charge < -0.3 is 15.0 Å². The SMILES string of the molecule is O=C1CCC(N2Cc3cc(OCCCCCCNC(=O)c4ccc5nccnc5c4)ccc3C2=O)C(=O)N1. The van der Waals surface area contributed by atoms with Crippen molar-refractivity contribution in [1.82, 2.24) is 25.5 Å². The lowest BCUT2D eigenvalue weighted by Gasteiger charge is -2.29. The van der Waals surface area contributed by atoms with Crippen molar-refractivity contribution in [3.8, 4) is 5.75 Å². The first kappa shape index (κ1) is 25.3. The van der Waals surface area contributed by atoms with Crippen molar-refractivity contribution in [1.29, 1.82) is 0 Å². The Morgan fingerprint density at radius 2 is 1.82 bits per heavy atom. The van der Waals surface area contributed by atoms with E-state index in [1.807, 2.05) is 6.07 Å². The normalized spacial score (nSPS) is 16.9. The van der Waals surface area contributed by atoms with Crippen LogP contribution in [-0.4, -0.2) is 57.7 Å². The Balaban J connectivity index is 0.998. The first-order chi connectivity index (χ1) is 18.5. The summed E-state index contributed by atoms with van der Waals surface area (Å²) < 4.78 is 5.89. The average Bonchev–Trinajstić information content (AvgIpc) is 3.25. The molecule has 1 aromatic heterocycles. The van der Waals surface area contributed by atoms with E-state index in [0.29, 0.717) is 48.5 Å². The van der Waals surface area contributed by atoms with E-state index in [0.717, 1.165) is 36.8 Å². The van der Waals surface area contributed by atoms with E-state index in [-0.39, 0.29) is 24.1 Å². The molecular weight excluding hydrogens is 486 g/mol. The fraction of sp³-hybridized carbons (Fsp3) is 0.357. The number of nitrogens with zero attached hydrogens (tertiary/aromatic N) is 3. The van der Waals surface area contributed by atoms with Crippen molar-refractivity contribution in [2.45, 2.75) is 51.1 Å². The molecule has 2 N–H and O–H groups in total. The highest BCUT2D eigenvalue weighted by atomic mass is 16.5. The van der Waals surface area contributed by atoms with Crippen LogP contribution in [0.2, 0.25) is 0 Å². The Bertz CT molecular complexity index is 1390.